The number of ether oxygens (including phenoxy) is 1. The molecule has 1 aliphatic carbocycles. The summed E-state index contributed by atoms with van der Waals surface area (Å²) in [5.74, 6) is 1.43. The van der Waals surface area contributed by atoms with Crippen molar-refractivity contribution in [1.29, 1.82) is 0 Å². The van der Waals surface area contributed by atoms with Crippen molar-refractivity contribution in [1.82, 2.24) is 15.3 Å². The minimum absolute atomic E-state index is 0.0586. The second-order valence-electron chi connectivity index (χ2n) is 8.15. The van der Waals surface area contributed by atoms with E-state index in [4.69, 9.17) is 15.6 Å². The summed E-state index contributed by atoms with van der Waals surface area (Å²) < 4.78 is 5.59. The van der Waals surface area contributed by atoms with Crippen molar-refractivity contribution in [2.75, 3.05) is 30.8 Å². The summed E-state index contributed by atoms with van der Waals surface area (Å²) in [6.07, 6.45) is 3.08. The first kappa shape index (κ1) is 21.8. The van der Waals surface area contributed by atoms with Gasteiger partial charge in [-0.15, -0.1) is 0 Å². The smallest absolute Gasteiger partial charge is 0.237 e. The van der Waals surface area contributed by atoms with Crippen LogP contribution in [-0.2, 0) is 9.53 Å². The summed E-state index contributed by atoms with van der Waals surface area (Å²) in [7, 11) is 0. The number of nitrogens with zero attached hydrogens (tertiary/aromatic N) is 3. The molecule has 2 aromatic heterocycles. The SMILES string of the molecule is C=NC1=C(/C(C)=C(\C)c2cc3cc(NC(=O)[C@H]4C[C@H]4CCO)ncc3c(N)n2)NCCO1. The van der Waals surface area contributed by atoms with Crippen LogP contribution in [0.1, 0.15) is 32.4 Å². The number of carbonyl (C=O) groups is 1. The van der Waals surface area contributed by atoms with Crippen LogP contribution in [0, 0.1) is 11.8 Å². The molecule has 32 heavy (non-hydrogen) atoms. The second-order valence-corrected chi connectivity index (χ2v) is 8.15. The number of allylic oxidation sites excluding steroid dienone is 2. The van der Waals surface area contributed by atoms with Crippen LogP contribution in [0.2, 0.25) is 0 Å². The molecule has 0 spiro atoms. The molecule has 5 N–H and O–H groups in total. The number of hydrogen-bond donors (Lipinski definition) is 4. The summed E-state index contributed by atoms with van der Waals surface area (Å²) in [5.41, 5.74) is 9.57. The van der Waals surface area contributed by atoms with Gasteiger partial charge in [-0.05, 0) is 68.0 Å². The Labute approximate surface area is 186 Å². The lowest BCUT2D eigenvalue weighted by Gasteiger charge is -2.22. The zero-order valence-electron chi connectivity index (χ0n) is 18.3. The van der Waals surface area contributed by atoms with Gasteiger partial charge in [-0.3, -0.25) is 4.79 Å². The molecule has 0 radical (unpaired) electrons. The number of aliphatic imine (C=N–C) groups is 1. The van der Waals surface area contributed by atoms with Crippen molar-refractivity contribution in [2.45, 2.75) is 26.7 Å². The highest BCUT2D eigenvalue weighted by Gasteiger charge is 2.42. The summed E-state index contributed by atoms with van der Waals surface area (Å²) >= 11 is 0. The third-order valence-corrected chi connectivity index (χ3v) is 6.08. The average Bonchev–Trinajstić information content (AvgIpc) is 3.57. The zero-order chi connectivity index (χ0) is 22.8. The molecule has 1 saturated carbocycles. The Balaban J connectivity index is 1.64. The van der Waals surface area contributed by atoms with Crippen molar-refractivity contribution >= 4 is 40.6 Å². The zero-order valence-corrected chi connectivity index (χ0v) is 18.3. The van der Waals surface area contributed by atoms with E-state index in [2.05, 4.69) is 32.3 Å². The first-order chi connectivity index (χ1) is 15.4. The molecule has 0 bridgehead atoms. The lowest BCUT2D eigenvalue weighted by molar-refractivity contribution is -0.117. The lowest BCUT2D eigenvalue weighted by Crippen LogP contribution is -2.27. The van der Waals surface area contributed by atoms with E-state index in [9.17, 15) is 4.79 Å². The highest BCUT2D eigenvalue weighted by molar-refractivity contribution is 5.98. The number of aliphatic hydroxyl groups excluding tert-OH is 1. The first-order valence-electron chi connectivity index (χ1n) is 10.7. The Bertz CT molecular complexity index is 1140. The van der Waals surface area contributed by atoms with Gasteiger partial charge in [-0.25, -0.2) is 15.0 Å². The normalized spacial score (nSPS) is 20.8. The molecule has 168 valence electrons. The number of fused-ring (bicyclic) bond motifs is 1. The van der Waals surface area contributed by atoms with E-state index >= 15 is 0 Å². The quantitative estimate of drug-likeness (QED) is 0.490. The summed E-state index contributed by atoms with van der Waals surface area (Å²) in [6.45, 7) is 8.84. The molecular weight excluding hydrogens is 408 g/mol. The van der Waals surface area contributed by atoms with Gasteiger partial charge in [0.05, 0.1) is 5.69 Å². The molecule has 2 aromatic rings. The van der Waals surface area contributed by atoms with Crippen LogP contribution in [0.15, 0.2) is 40.5 Å². The highest BCUT2D eigenvalue weighted by atomic mass is 16.5. The largest absolute Gasteiger partial charge is 0.474 e. The number of anilines is 2. The van der Waals surface area contributed by atoms with Gasteiger partial charge in [-0.2, -0.15) is 0 Å². The molecule has 9 nitrogen and oxygen atoms in total. The van der Waals surface area contributed by atoms with Crippen molar-refractivity contribution in [2.24, 2.45) is 16.8 Å². The van der Waals surface area contributed by atoms with Crippen molar-refractivity contribution in [3.05, 3.63) is 41.2 Å². The summed E-state index contributed by atoms with van der Waals surface area (Å²) in [5, 5.41) is 16.8. The monoisotopic (exact) mass is 436 g/mol. The van der Waals surface area contributed by atoms with Crippen molar-refractivity contribution < 1.29 is 14.6 Å². The first-order valence-corrected chi connectivity index (χ1v) is 10.7. The fourth-order valence-corrected chi connectivity index (χ4v) is 3.98. The van der Waals surface area contributed by atoms with Crippen LogP contribution in [0.4, 0.5) is 11.6 Å². The number of rotatable bonds is 7. The van der Waals surface area contributed by atoms with Crippen LogP contribution in [0.5, 0.6) is 0 Å². The van der Waals surface area contributed by atoms with Crippen molar-refractivity contribution in [3.8, 4) is 0 Å². The van der Waals surface area contributed by atoms with E-state index in [1.165, 1.54) is 0 Å². The van der Waals surface area contributed by atoms with E-state index in [1.807, 2.05) is 19.9 Å². The Kier molecular flexibility index (Phi) is 6.09. The van der Waals surface area contributed by atoms with Crippen LogP contribution in [0.3, 0.4) is 0 Å². The van der Waals surface area contributed by atoms with Crippen LogP contribution in [0.25, 0.3) is 16.3 Å². The number of carbonyl (C=O) groups excluding carboxylic acids is 1. The fraction of sp³-hybridized carbons (Fsp3) is 0.391. The van der Waals surface area contributed by atoms with Crippen molar-refractivity contribution in [3.63, 3.8) is 0 Å². The minimum atomic E-state index is -0.0655. The summed E-state index contributed by atoms with van der Waals surface area (Å²) in [4.78, 5) is 25.3. The van der Waals surface area contributed by atoms with Gasteiger partial charge < -0.3 is 26.2 Å². The molecule has 0 unspecified atom stereocenters. The predicted octanol–water partition coefficient (Wildman–Crippen LogP) is 2.45. The highest BCUT2D eigenvalue weighted by Crippen LogP contribution is 2.41. The molecule has 0 aromatic carbocycles. The van der Waals surface area contributed by atoms with E-state index in [0.717, 1.165) is 28.7 Å². The molecular formula is C23H28N6O3. The third-order valence-electron chi connectivity index (χ3n) is 6.08. The molecule has 2 aliphatic rings. The lowest BCUT2D eigenvalue weighted by atomic mass is 10.0. The van der Waals surface area contributed by atoms with Gasteiger partial charge in [0.15, 0.2) is 0 Å². The Morgan fingerprint density at radius 3 is 2.97 bits per heavy atom. The van der Waals surface area contributed by atoms with Crippen LogP contribution < -0.4 is 16.4 Å². The van der Waals surface area contributed by atoms with Gasteiger partial charge in [0, 0.05) is 30.7 Å². The van der Waals surface area contributed by atoms with E-state index in [0.29, 0.717) is 48.2 Å². The Hall–Kier alpha value is -3.46. The van der Waals surface area contributed by atoms with Crippen LogP contribution in [-0.4, -0.2) is 47.5 Å². The molecule has 1 amide bonds. The number of aliphatic hydroxyl groups is 1. The molecule has 2 atom stereocenters. The topological polar surface area (TPSA) is 135 Å². The van der Waals surface area contributed by atoms with Gasteiger partial charge in [-0.1, -0.05) is 0 Å². The maximum Gasteiger partial charge on any atom is 0.237 e. The van der Waals surface area contributed by atoms with Gasteiger partial charge in [0.2, 0.25) is 11.8 Å². The molecule has 3 heterocycles. The number of aromatic nitrogens is 2. The Morgan fingerprint density at radius 1 is 1.41 bits per heavy atom. The molecule has 4 rings (SSSR count). The minimum Gasteiger partial charge on any atom is -0.474 e. The maximum absolute atomic E-state index is 12.4. The predicted molar refractivity (Wildman–Crippen MR) is 125 cm³/mol. The Morgan fingerprint density at radius 2 is 2.22 bits per heavy atom. The number of amides is 1. The van der Waals surface area contributed by atoms with Gasteiger partial charge in [0.25, 0.3) is 0 Å². The molecule has 1 aliphatic heterocycles. The standard InChI is InChI=1S/C23H28N6O3/c1-12(13(2)20-23(25-3)32-7-5-26-20)18-9-15-10-19(27-11-17(15)21(24)28-18)29-22(31)16-8-14(16)4-6-30/h9-11,14,16,26,30H,3-8H2,1-2H3,(H2,24,28)(H,27,29,31)/b13-12+/t14-,16+/m1/s1. The fourth-order valence-electron chi connectivity index (χ4n) is 3.98. The molecule has 1 fully saturated rings. The van der Waals surface area contributed by atoms with Gasteiger partial charge in [0.1, 0.15) is 23.9 Å². The maximum atomic E-state index is 12.4. The van der Waals surface area contributed by atoms with E-state index < -0.39 is 0 Å². The number of nitrogens with one attached hydrogen (secondary N) is 2. The number of pyridine rings is 2. The number of nitrogens with two attached hydrogens (primary N) is 1. The van der Waals surface area contributed by atoms with Gasteiger partial charge >= 0.3 is 0 Å². The van der Waals surface area contributed by atoms with E-state index in [1.54, 1.807) is 12.3 Å². The van der Waals surface area contributed by atoms with E-state index in [-0.39, 0.29) is 24.3 Å². The molecule has 0 saturated heterocycles. The second kappa shape index (κ2) is 8.96. The van der Waals surface area contributed by atoms with Crippen LogP contribution >= 0.6 is 0 Å². The molecule has 9 heteroatoms. The number of hydrogen-bond acceptors (Lipinski definition) is 8. The number of nitrogen functional groups attached to an aromatic ring is 1. The summed E-state index contributed by atoms with van der Waals surface area (Å²) in [6, 6.07) is 3.73. The average molecular weight is 437 g/mol. The third kappa shape index (κ3) is 4.29.